The van der Waals surface area contributed by atoms with Crippen molar-refractivity contribution in [2.45, 2.75) is 12.8 Å². The molecule has 1 atom stereocenters. The molecule has 5 rings (SSSR count). The van der Waals surface area contributed by atoms with Crippen LogP contribution >= 0.6 is 0 Å². The minimum Gasteiger partial charge on any atom is -0.354 e. The van der Waals surface area contributed by atoms with Crippen molar-refractivity contribution in [2.24, 2.45) is 5.92 Å². The molecule has 1 fully saturated rings. The van der Waals surface area contributed by atoms with Gasteiger partial charge in [0.15, 0.2) is 11.6 Å². The molecule has 1 aliphatic rings. The minimum atomic E-state index is -0.101. The van der Waals surface area contributed by atoms with Gasteiger partial charge in [-0.1, -0.05) is 0 Å². The van der Waals surface area contributed by atoms with Gasteiger partial charge in [-0.3, -0.25) is 14.5 Å². The zero-order chi connectivity index (χ0) is 19.6. The second-order valence-electron chi connectivity index (χ2n) is 7.17. The molecule has 29 heavy (non-hydrogen) atoms. The fourth-order valence-corrected chi connectivity index (χ4v) is 3.68. The van der Waals surface area contributed by atoms with Crippen LogP contribution < -0.4 is 10.2 Å². The molecule has 0 bridgehead atoms. The van der Waals surface area contributed by atoms with Gasteiger partial charge in [0.1, 0.15) is 6.33 Å². The van der Waals surface area contributed by atoms with Gasteiger partial charge in [-0.15, -0.1) is 10.2 Å². The molecule has 9 heteroatoms. The van der Waals surface area contributed by atoms with Crippen LogP contribution in [0.2, 0.25) is 0 Å². The Morgan fingerprint density at radius 2 is 2.07 bits per heavy atom. The van der Waals surface area contributed by atoms with Crippen molar-refractivity contribution in [1.82, 2.24) is 29.9 Å². The summed E-state index contributed by atoms with van der Waals surface area (Å²) in [7, 11) is 0. The Morgan fingerprint density at radius 1 is 1.17 bits per heavy atom. The number of nitrogens with one attached hydrogen (secondary N) is 2. The molecule has 146 valence electrons. The van der Waals surface area contributed by atoms with Crippen molar-refractivity contribution >= 4 is 28.3 Å². The van der Waals surface area contributed by atoms with E-state index in [1.165, 1.54) is 0 Å². The molecule has 4 aromatic rings. The molecular formula is C20H20N8O. The normalized spacial score (nSPS) is 16.8. The molecule has 9 nitrogen and oxygen atoms in total. The molecule has 1 aliphatic heterocycles. The number of hydrogen-bond acceptors (Lipinski definition) is 6. The van der Waals surface area contributed by atoms with Gasteiger partial charge in [-0.2, -0.15) is 5.10 Å². The summed E-state index contributed by atoms with van der Waals surface area (Å²) in [5, 5.41) is 19.6. The number of fused-ring (bicyclic) bond motifs is 1. The van der Waals surface area contributed by atoms with E-state index in [0.29, 0.717) is 12.4 Å². The third kappa shape index (κ3) is 3.54. The van der Waals surface area contributed by atoms with Gasteiger partial charge < -0.3 is 10.2 Å². The molecule has 0 saturated carbocycles. The first kappa shape index (κ1) is 17.4. The Morgan fingerprint density at radius 3 is 2.90 bits per heavy atom. The number of carbonyl (C=O) groups is 1. The topological polar surface area (TPSA) is 105 Å². The van der Waals surface area contributed by atoms with E-state index in [1.54, 1.807) is 23.3 Å². The van der Waals surface area contributed by atoms with E-state index in [4.69, 9.17) is 0 Å². The molecule has 0 radical (unpaired) electrons. The number of aromatic nitrogens is 6. The van der Waals surface area contributed by atoms with Crippen molar-refractivity contribution < 1.29 is 4.79 Å². The van der Waals surface area contributed by atoms with E-state index in [-0.39, 0.29) is 11.8 Å². The van der Waals surface area contributed by atoms with Crippen LogP contribution in [-0.2, 0) is 4.79 Å². The molecule has 0 spiro atoms. The van der Waals surface area contributed by atoms with Gasteiger partial charge >= 0.3 is 0 Å². The van der Waals surface area contributed by atoms with Crippen LogP contribution in [0.25, 0.3) is 16.7 Å². The molecule has 4 heterocycles. The summed E-state index contributed by atoms with van der Waals surface area (Å²) in [6.45, 7) is 1.49. The van der Waals surface area contributed by atoms with E-state index in [2.05, 4.69) is 35.6 Å². The molecule has 1 saturated heterocycles. The van der Waals surface area contributed by atoms with Gasteiger partial charge in [0.05, 0.1) is 17.6 Å². The van der Waals surface area contributed by atoms with Crippen molar-refractivity contribution in [3.63, 3.8) is 0 Å². The summed E-state index contributed by atoms with van der Waals surface area (Å²) in [6.07, 6.45) is 8.77. The molecule has 0 unspecified atom stereocenters. The highest BCUT2D eigenvalue weighted by molar-refractivity contribution is 5.95. The second-order valence-corrected chi connectivity index (χ2v) is 7.17. The minimum absolute atomic E-state index is 0.0246. The van der Waals surface area contributed by atoms with Gasteiger partial charge in [-0.25, -0.2) is 4.98 Å². The predicted molar refractivity (Wildman–Crippen MR) is 109 cm³/mol. The number of aromatic amines is 1. The van der Waals surface area contributed by atoms with E-state index in [1.807, 2.05) is 36.5 Å². The van der Waals surface area contributed by atoms with Crippen LogP contribution in [-0.4, -0.2) is 48.9 Å². The lowest BCUT2D eigenvalue weighted by atomic mass is 9.97. The molecule has 1 amide bonds. The summed E-state index contributed by atoms with van der Waals surface area (Å²) in [4.78, 5) is 19.0. The monoisotopic (exact) mass is 388 g/mol. The lowest BCUT2D eigenvalue weighted by molar-refractivity contribution is -0.120. The third-order valence-electron chi connectivity index (χ3n) is 5.23. The maximum atomic E-state index is 12.8. The number of imidazole rings is 1. The van der Waals surface area contributed by atoms with Gasteiger partial charge in [0, 0.05) is 36.6 Å². The number of H-pyrrole nitrogens is 1. The second kappa shape index (κ2) is 7.34. The molecule has 3 aromatic heterocycles. The number of anilines is 2. The van der Waals surface area contributed by atoms with Gasteiger partial charge in [0.2, 0.25) is 5.91 Å². The molecule has 1 aromatic carbocycles. The first-order valence-corrected chi connectivity index (χ1v) is 9.57. The van der Waals surface area contributed by atoms with Crippen molar-refractivity contribution in [2.75, 3.05) is 23.3 Å². The Labute approximate surface area is 166 Å². The fourth-order valence-electron chi connectivity index (χ4n) is 3.68. The van der Waals surface area contributed by atoms with Crippen LogP contribution in [0.4, 0.5) is 11.5 Å². The third-order valence-corrected chi connectivity index (χ3v) is 5.23. The van der Waals surface area contributed by atoms with E-state index in [0.717, 1.165) is 41.8 Å². The zero-order valence-corrected chi connectivity index (χ0v) is 15.7. The van der Waals surface area contributed by atoms with Crippen LogP contribution in [0.5, 0.6) is 0 Å². The largest absolute Gasteiger partial charge is 0.354 e. The van der Waals surface area contributed by atoms with Gasteiger partial charge in [-0.05, 0) is 43.2 Å². The SMILES string of the molecule is O=C(Nc1ccc2cn[nH]c2c1)[C@H]1CCCN(c2ccc(-n3ccnc3)nn2)C1. The smallest absolute Gasteiger partial charge is 0.229 e. The first-order chi connectivity index (χ1) is 14.3. The number of nitrogens with zero attached hydrogens (tertiary/aromatic N) is 6. The number of piperidine rings is 1. The number of hydrogen-bond donors (Lipinski definition) is 2. The van der Waals surface area contributed by atoms with E-state index < -0.39 is 0 Å². The maximum Gasteiger partial charge on any atom is 0.229 e. The highest BCUT2D eigenvalue weighted by Crippen LogP contribution is 2.24. The predicted octanol–water partition coefficient (Wildman–Crippen LogP) is 2.39. The fraction of sp³-hybridized carbons (Fsp3) is 0.250. The Hall–Kier alpha value is -3.75. The van der Waals surface area contributed by atoms with Crippen molar-refractivity contribution in [3.8, 4) is 5.82 Å². The standard InChI is InChI=1S/C20H20N8O/c29-20(23-16-4-3-14-11-22-24-17(14)10-16)15-2-1-8-27(12-15)18-5-6-19(26-25-18)28-9-7-21-13-28/h3-7,9-11,13,15H,1-2,8,12H2,(H,22,24)(H,23,29)/t15-/m0/s1. The van der Waals surface area contributed by atoms with Crippen LogP contribution in [0.3, 0.4) is 0 Å². The number of benzene rings is 1. The Kier molecular flexibility index (Phi) is 4.39. The lowest BCUT2D eigenvalue weighted by Crippen LogP contribution is -2.41. The average Bonchev–Trinajstić information content (AvgIpc) is 3.46. The number of carbonyl (C=O) groups excluding carboxylic acids is 1. The van der Waals surface area contributed by atoms with Crippen molar-refractivity contribution in [3.05, 3.63) is 55.2 Å². The van der Waals surface area contributed by atoms with Crippen LogP contribution in [0.1, 0.15) is 12.8 Å². The Bertz CT molecular complexity index is 1120. The summed E-state index contributed by atoms with van der Waals surface area (Å²) in [5.74, 6) is 1.42. The van der Waals surface area contributed by atoms with Crippen LogP contribution in [0, 0.1) is 5.92 Å². The van der Waals surface area contributed by atoms with E-state index in [9.17, 15) is 4.79 Å². The van der Waals surface area contributed by atoms with Crippen molar-refractivity contribution in [1.29, 1.82) is 0 Å². The number of rotatable bonds is 4. The molecule has 2 N–H and O–H groups in total. The highest BCUT2D eigenvalue weighted by Gasteiger charge is 2.27. The molecule has 0 aliphatic carbocycles. The van der Waals surface area contributed by atoms with E-state index >= 15 is 0 Å². The zero-order valence-electron chi connectivity index (χ0n) is 15.7. The summed E-state index contributed by atoms with van der Waals surface area (Å²) in [5.41, 5.74) is 1.68. The highest BCUT2D eigenvalue weighted by atomic mass is 16.1. The van der Waals surface area contributed by atoms with Crippen LogP contribution in [0.15, 0.2) is 55.2 Å². The first-order valence-electron chi connectivity index (χ1n) is 9.57. The maximum absolute atomic E-state index is 12.8. The molecular weight excluding hydrogens is 368 g/mol. The Balaban J connectivity index is 1.26. The lowest BCUT2D eigenvalue weighted by Gasteiger charge is -2.32. The summed E-state index contributed by atoms with van der Waals surface area (Å²) >= 11 is 0. The average molecular weight is 388 g/mol. The quantitative estimate of drug-likeness (QED) is 0.556. The summed E-state index contributed by atoms with van der Waals surface area (Å²) < 4.78 is 1.81. The van der Waals surface area contributed by atoms with Gasteiger partial charge in [0.25, 0.3) is 0 Å². The summed E-state index contributed by atoms with van der Waals surface area (Å²) in [6, 6.07) is 9.60. The number of amides is 1.